The highest BCUT2D eigenvalue weighted by molar-refractivity contribution is 7.66. The molecule has 0 aliphatic rings. The summed E-state index contributed by atoms with van der Waals surface area (Å²) in [5.74, 6) is 0. The van der Waals surface area contributed by atoms with E-state index in [0.29, 0.717) is 0 Å². The van der Waals surface area contributed by atoms with Crippen LogP contribution in [0.3, 0.4) is 0 Å². The summed E-state index contributed by atoms with van der Waals surface area (Å²) < 4.78 is 0. The van der Waals surface area contributed by atoms with Crippen LogP contribution in [0.5, 0.6) is 0 Å². The molecule has 0 aromatic heterocycles. The standard InChI is InChI=1S/C52H80P2/c1-5-9-13-17-21-29-41-53(42-30-22-18-14-10-6-2)49-39-37-45-33-25-27-35-47(45)51(49)52-48-36-28-26-34-46(48)38-40-50(52)54(43-31-23-19-15-11-7-3)44-32-24-20-16-12-8-4/h25-28,33-40H,5-24,29-32,41-44H2,1-4H3. The summed E-state index contributed by atoms with van der Waals surface area (Å²) in [6.45, 7) is 9.37. The van der Waals surface area contributed by atoms with Gasteiger partial charge in [0.2, 0.25) is 0 Å². The predicted octanol–water partition coefficient (Wildman–Crippen LogP) is 17.3. The highest BCUT2D eigenvalue weighted by Crippen LogP contribution is 2.48. The van der Waals surface area contributed by atoms with Crippen molar-refractivity contribution >= 4 is 48.0 Å². The Morgan fingerprint density at radius 3 is 0.889 bits per heavy atom. The third-order valence-corrected chi connectivity index (χ3v) is 17.4. The maximum absolute atomic E-state index is 2.63. The van der Waals surface area contributed by atoms with Crippen molar-refractivity contribution < 1.29 is 0 Å². The lowest BCUT2D eigenvalue weighted by molar-refractivity contribution is 0.622. The molecular weight excluding hydrogens is 687 g/mol. The lowest BCUT2D eigenvalue weighted by atomic mass is 9.93. The third kappa shape index (κ3) is 15.0. The summed E-state index contributed by atoms with van der Waals surface area (Å²) in [7, 11) is -0.483. The molecule has 4 aromatic carbocycles. The Bertz CT molecular complexity index is 1410. The van der Waals surface area contributed by atoms with Crippen LogP contribution in [0.4, 0.5) is 0 Å². The molecule has 0 fully saturated rings. The number of unbranched alkanes of at least 4 members (excludes halogenated alkanes) is 20. The molecule has 0 N–H and O–H groups in total. The average Bonchev–Trinajstić information content (AvgIpc) is 3.20. The molecule has 0 atom stereocenters. The van der Waals surface area contributed by atoms with Crippen LogP contribution >= 0.6 is 15.8 Å². The topological polar surface area (TPSA) is 0 Å². The number of fused-ring (bicyclic) bond motifs is 2. The first-order valence-electron chi connectivity index (χ1n) is 23.3. The molecule has 0 heterocycles. The highest BCUT2D eigenvalue weighted by atomic mass is 31.1. The Labute approximate surface area is 337 Å². The quantitative estimate of drug-likeness (QED) is 0.0353. The van der Waals surface area contributed by atoms with E-state index in [1.807, 2.05) is 0 Å². The van der Waals surface area contributed by atoms with Crippen molar-refractivity contribution in [1.82, 2.24) is 0 Å². The summed E-state index contributed by atoms with van der Waals surface area (Å²) >= 11 is 0. The fourth-order valence-corrected chi connectivity index (χ4v) is 14.1. The lowest BCUT2D eigenvalue weighted by Gasteiger charge is -2.28. The Morgan fingerprint density at radius 1 is 0.296 bits per heavy atom. The van der Waals surface area contributed by atoms with Crippen molar-refractivity contribution in [2.75, 3.05) is 24.6 Å². The molecule has 0 saturated heterocycles. The maximum atomic E-state index is 2.63. The number of hydrogen-bond acceptors (Lipinski definition) is 0. The molecule has 298 valence electrons. The van der Waals surface area contributed by atoms with Gasteiger partial charge < -0.3 is 0 Å². The molecule has 0 spiro atoms. The average molecular weight is 767 g/mol. The zero-order valence-electron chi connectivity index (χ0n) is 35.6. The molecule has 0 nitrogen and oxygen atoms in total. The van der Waals surface area contributed by atoms with Crippen molar-refractivity contribution in [3.8, 4) is 11.1 Å². The van der Waals surface area contributed by atoms with Gasteiger partial charge in [-0.1, -0.05) is 245 Å². The van der Waals surface area contributed by atoms with Gasteiger partial charge in [0.15, 0.2) is 0 Å². The largest absolute Gasteiger partial charge is 0.0746 e. The van der Waals surface area contributed by atoms with Crippen molar-refractivity contribution in [3.63, 3.8) is 0 Å². The van der Waals surface area contributed by atoms with Crippen LogP contribution in [0, 0.1) is 0 Å². The lowest BCUT2D eigenvalue weighted by Crippen LogP contribution is -2.17. The van der Waals surface area contributed by atoms with Crippen LogP contribution in [0.25, 0.3) is 32.7 Å². The van der Waals surface area contributed by atoms with Crippen LogP contribution in [-0.2, 0) is 0 Å². The molecule has 0 amide bonds. The minimum Gasteiger partial charge on any atom is -0.0746 e. The molecule has 4 rings (SSSR count). The molecular formula is C52H80P2. The summed E-state index contributed by atoms with van der Waals surface area (Å²) in [6.07, 6.45) is 38.9. The van der Waals surface area contributed by atoms with E-state index in [4.69, 9.17) is 0 Å². The second-order valence-electron chi connectivity index (χ2n) is 16.4. The third-order valence-electron chi connectivity index (χ3n) is 11.9. The Kier molecular flexibility index (Phi) is 23.1. The molecule has 4 aromatic rings. The van der Waals surface area contributed by atoms with E-state index in [2.05, 4.69) is 100 Å². The first-order valence-corrected chi connectivity index (χ1v) is 26.7. The summed E-state index contributed by atoms with van der Waals surface area (Å²) in [4.78, 5) is 0. The minimum absolute atomic E-state index is 0.242. The monoisotopic (exact) mass is 767 g/mol. The SMILES string of the molecule is CCCCCCCCP(CCCCCCCC)c1ccc2ccccc2c1-c1c(P(CCCCCCCC)CCCCCCCC)ccc2ccccc12. The van der Waals surface area contributed by atoms with Gasteiger partial charge in [0.1, 0.15) is 0 Å². The van der Waals surface area contributed by atoms with E-state index in [1.54, 1.807) is 21.7 Å². The molecule has 0 saturated carbocycles. The molecule has 0 unspecified atom stereocenters. The Balaban J connectivity index is 1.79. The predicted molar refractivity (Wildman–Crippen MR) is 253 cm³/mol. The second kappa shape index (κ2) is 27.8. The zero-order chi connectivity index (χ0) is 38.1. The minimum atomic E-state index is -0.242. The fraction of sp³-hybridized carbons (Fsp3) is 0.615. The van der Waals surface area contributed by atoms with Gasteiger partial charge in [-0.3, -0.25) is 0 Å². The normalized spacial score (nSPS) is 11.9. The molecule has 0 aliphatic carbocycles. The van der Waals surface area contributed by atoms with Gasteiger partial charge in [-0.2, -0.15) is 0 Å². The van der Waals surface area contributed by atoms with Crippen molar-refractivity contribution in [2.45, 2.75) is 182 Å². The van der Waals surface area contributed by atoms with Gasteiger partial charge >= 0.3 is 0 Å². The summed E-state index contributed by atoms with van der Waals surface area (Å²) in [5, 5.41) is 9.27. The van der Waals surface area contributed by atoms with E-state index >= 15 is 0 Å². The zero-order valence-corrected chi connectivity index (χ0v) is 37.4. The van der Waals surface area contributed by atoms with E-state index in [0.717, 1.165) is 0 Å². The number of hydrogen-bond donors (Lipinski definition) is 0. The molecule has 0 bridgehead atoms. The molecule has 2 heteroatoms. The first kappa shape index (κ1) is 45.0. The van der Waals surface area contributed by atoms with Gasteiger partial charge in [-0.15, -0.1) is 0 Å². The van der Waals surface area contributed by atoms with Gasteiger partial charge in [-0.05, 0) is 93.6 Å². The molecule has 0 aliphatic heterocycles. The first-order chi connectivity index (χ1) is 26.7. The maximum Gasteiger partial charge on any atom is -0.00157 e. The Morgan fingerprint density at radius 2 is 0.574 bits per heavy atom. The van der Waals surface area contributed by atoms with Gasteiger partial charge in [-0.25, -0.2) is 0 Å². The van der Waals surface area contributed by atoms with Crippen molar-refractivity contribution in [2.24, 2.45) is 0 Å². The van der Waals surface area contributed by atoms with E-state index in [-0.39, 0.29) is 15.8 Å². The molecule has 0 radical (unpaired) electrons. The fourth-order valence-electron chi connectivity index (χ4n) is 8.61. The summed E-state index contributed by atoms with van der Waals surface area (Å²) in [5.41, 5.74) is 3.25. The number of rotatable bonds is 31. The Hall–Kier alpha value is -1.74. The van der Waals surface area contributed by atoms with Gasteiger partial charge in [0.05, 0.1) is 0 Å². The smallest absolute Gasteiger partial charge is 0.00157 e. The summed E-state index contributed by atoms with van der Waals surface area (Å²) in [6, 6.07) is 29.1. The van der Waals surface area contributed by atoms with Crippen LogP contribution in [-0.4, -0.2) is 24.6 Å². The second-order valence-corrected chi connectivity index (χ2v) is 21.3. The highest BCUT2D eigenvalue weighted by Gasteiger charge is 2.25. The van der Waals surface area contributed by atoms with Gasteiger partial charge in [0.25, 0.3) is 0 Å². The van der Waals surface area contributed by atoms with Gasteiger partial charge in [0, 0.05) is 0 Å². The van der Waals surface area contributed by atoms with Crippen molar-refractivity contribution in [3.05, 3.63) is 72.8 Å². The van der Waals surface area contributed by atoms with E-state index in [9.17, 15) is 0 Å². The molecule has 54 heavy (non-hydrogen) atoms. The van der Waals surface area contributed by atoms with Crippen LogP contribution in [0.15, 0.2) is 72.8 Å². The van der Waals surface area contributed by atoms with Crippen LogP contribution in [0.2, 0.25) is 0 Å². The van der Waals surface area contributed by atoms with Crippen LogP contribution < -0.4 is 10.6 Å². The van der Waals surface area contributed by atoms with Crippen molar-refractivity contribution in [1.29, 1.82) is 0 Å². The van der Waals surface area contributed by atoms with Crippen LogP contribution in [0.1, 0.15) is 182 Å². The van der Waals surface area contributed by atoms with E-state index in [1.165, 1.54) is 200 Å². The number of benzene rings is 4. The van der Waals surface area contributed by atoms with E-state index < -0.39 is 0 Å².